The average Bonchev–Trinajstić information content (AvgIpc) is 3.13. The normalized spacial score (nSPS) is 20.6. The molecule has 25 heavy (non-hydrogen) atoms. The third kappa shape index (κ3) is 4.26. The smallest absolute Gasteiger partial charge is 0.240 e. The quantitative estimate of drug-likeness (QED) is 0.846. The van der Waals surface area contributed by atoms with Crippen LogP contribution in [0.3, 0.4) is 0 Å². The van der Waals surface area contributed by atoms with E-state index in [0.717, 1.165) is 29.3 Å². The maximum atomic E-state index is 12.3. The summed E-state index contributed by atoms with van der Waals surface area (Å²) in [5, 5.41) is 6.99. The summed E-state index contributed by atoms with van der Waals surface area (Å²) in [5.74, 6) is 1.51. The first-order valence-electron chi connectivity index (χ1n) is 8.42. The number of hydrogen-bond donors (Lipinski definition) is 1. The minimum absolute atomic E-state index is 0.0565. The van der Waals surface area contributed by atoms with E-state index in [4.69, 9.17) is 14.0 Å². The van der Waals surface area contributed by atoms with Crippen molar-refractivity contribution in [2.75, 3.05) is 13.2 Å². The molecule has 1 N–H and O–H groups in total. The predicted octanol–water partition coefficient (Wildman–Crippen LogP) is 1.29. The van der Waals surface area contributed by atoms with Gasteiger partial charge in [-0.15, -0.1) is 0 Å². The van der Waals surface area contributed by atoms with E-state index in [0.29, 0.717) is 19.8 Å². The van der Waals surface area contributed by atoms with Crippen molar-refractivity contribution in [2.24, 2.45) is 0 Å². The minimum atomic E-state index is -0.199. The molecule has 2 aromatic heterocycles. The monoisotopic (exact) mass is 348 g/mol. The highest BCUT2D eigenvalue weighted by molar-refractivity contribution is 5.76. The highest BCUT2D eigenvalue weighted by Gasteiger charge is 2.28. The molecule has 2 aromatic rings. The van der Waals surface area contributed by atoms with Gasteiger partial charge in [0.05, 0.1) is 24.9 Å². The SMILES string of the molecule is Cc1noc(C)c1CO[C@@H]1COCC[C@H]1NC(=O)Cn1ccnc1C. The van der Waals surface area contributed by atoms with Crippen molar-refractivity contribution in [2.45, 2.75) is 52.5 Å². The molecule has 0 aliphatic carbocycles. The highest BCUT2D eigenvalue weighted by Crippen LogP contribution is 2.18. The van der Waals surface area contributed by atoms with Gasteiger partial charge in [0.1, 0.15) is 24.2 Å². The van der Waals surface area contributed by atoms with E-state index in [2.05, 4.69) is 15.5 Å². The van der Waals surface area contributed by atoms with Gasteiger partial charge in [0, 0.05) is 24.6 Å². The van der Waals surface area contributed by atoms with Gasteiger partial charge in [-0.2, -0.15) is 0 Å². The number of nitrogens with one attached hydrogen (secondary N) is 1. The van der Waals surface area contributed by atoms with E-state index in [1.807, 2.05) is 25.3 Å². The molecule has 0 radical (unpaired) electrons. The maximum Gasteiger partial charge on any atom is 0.240 e. The molecule has 1 saturated heterocycles. The van der Waals surface area contributed by atoms with Gasteiger partial charge in [-0.05, 0) is 27.2 Å². The van der Waals surface area contributed by atoms with Crippen molar-refractivity contribution < 1.29 is 18.8 Å². The Labute approximate surface area is 146 Å². The van der Waals surface area contributed by atoms with E-state index >= 15 is 0 Å². The van der Waals surface area contributed by atoms with Crippen LogP contribution in [0.2, 0.25) is 0 Å². The van der Waals surface area contributed by atoms with Gasteiger partial charge in [0.25, 0.3) is 0 Å². The number of carbonyl (C=O) groups is 1. The van der Waals surface area contributed by atoms with E-state index in [1.54, 1.807) is 12.4 Å². The van der Waals surface area contributed by atoms with Gasteiger partial charge in [-0.1, -0.05) is 5.16 Å². The van der Waals surface area contributed by atoms with E-state index in [9.17, 15) is 4.79 Å². The second-order valence-electron chi connectivity index (χ2n) is 6.29. The van der Waals surface area contributed by atoms with Gasteiger partial charge in [-0.25, -0.2) is 4.98 Å². The second kappa shape index (κ2) is 7.79. The summed E-state index contributed by atoms with van der Waals surface area (Å²) in [6, 6.07) is -0.0782. The van der Waals surface area contributed by atoms with Crippen LogP contribution in [0.25, 0.3) is 0 Å². The number of rotatable bonds is 6. The third-order valence-corrected chi connectivity index (χ3v) is 4.51. The molecule has 8 heteroatoms. The van der Waals surface area contributed by atoms with Crippen LogP contribution in [0.5, 0.6) is 0 Å². The minimum Gasteiger partial charge on any atom is -0.379 e. The first kappa shape index (κ1) is 17.6. The molecule has 3 heterocycles. The van der Waals surface area contributed by atoms with Crippen LogP contribution in [0.4, 0.5) is 0 Å². The number of amides is 1. The lowest BCUT2D eigenvalue weighted by Gasteiger charge is -2.32. The lowest BCUT2D eigenvalue weighted by molar-refractivity contribution is -0.127. The highest BCUT2D eigenvalue weighted by atomic mass is 16.5. The van der Waals surface area contributed by atoms with Crippen LogP contribution < -0.4 is 5.32 Å². The molecular weight excluding hydrogens is 324 g/mol. The Kier molecular flexibility index (Phi) is 5.50. The number of aromatic nitrogens is 3. The first-order chi connectivity index (χ1) is 12.0. The molecule has 3 rings (SSSR count). The summed E-state index contributed by atoms with van der Waals surface area (Å²) < 4.78 is 18.5. The lowest BCUT2D eigenvalue weighted by atomic mass is 10.1. The van der Waals surface area contributed by atoms with Crippen molar-refractivity contribution in [3.63, 3.8) is 0 Å². The molecule has 1 amide bonds. The van der Waals surface area contributed by atoms with Crippen molar-refractivity contribution >= 4 is 5.91 Å². The molecule has 2 atom stereocenters. The Hall–Kier alpha value is -2.19. The number of nitrogens with zero attached hydrogens (tertiary/aromatic N) is 3. The van der Waals surface area contributed by atoms with Crippen LogP contribution in [0, 0.1) is 20.8 Å². The third-order valence-electron chi connectivity index (χ3n) is 4.51. The van der Waals surface area contributed by atoms with Gasteiger partial charge >= 0.3 is 0 Å². The Morgan fingerprint density at radius 1 is 1.44 bits per heavy atom. The van der Waals surface area contributed by atoms with Gasteiger partial charge < -0.3 is 23.9 Å². The van der Waals surface area contributed by atoms with E-state index in [1.165, 1.54) is 0 Å². The van der Waals surface area contributed by atoms with Gasteiger partial charge in [0.15, 0.2) is 0 Å². The molecule has 0 saturated carbocycles. The van der Waals surface area contributed by atoms with Crippen molar-refractivity contribution in [3.05, 3.63) is 35.2 Å². The topological polar surface area (TPSA) is 91.4 Å². The lowest BCUT2D eigenvalue weighted by Crippen LogP contribution is -2.50. The van der Waals surface area contributed by atoms with Crippen LogP contribution in [0.15, 0.2) is 16.9 Å². The fourth-order valence-electron chi connectivity index (χ4n) is 2.92. The summed E-state index contributed by atoms with van der Waals surface area (Å²) in [6.07, 6.45) is 4.01. The van der Waals surface area contributed by atoms with Gasteiger partial charge in [-0.3, -0.25) is 4.79 Å². The summed E-state index contributed by atoms with van der Waals surface area (Å²) in [5.41, 5.74) is 1.77. The fourth-order valence-corrected chi connectivity index (χ4v) is 2.92. The molecule has 0 unspecified atom stereocenters. The number of carbonyl (C=O) groups excluding carboxylic acids is 1. The van der Waals surface area contributed by atoms with Gasteiger partial charge in [0.2, 0.25) is 5.91 Å². The molecule has 0 spiro atoms. The first-order valence-corrected chi connectivity index (χ1v) is 8.42. The zero-order chi connectivity index (χ0) is 17.8. The Balaban J connectivity index is 1.57. The average molecular weight is 348 g/mol. The summed E-state index contributed by atoms with van der Waals surface area (Å²) in [6.45, 7) is 7.33. The van der Waals surface area contributed by atoms with E-state index in [-0.39, 0.29) is 24.6 Å². The van der Waals surface area contributed by atoms with Crippen LogP contribution in [0.1, 0.15) is 29.3 Å². The molecule has 1 fully saturated rings. The maximum absolute atomic E-state index is 12.3. The Morgan fingerprint density at radius 3 is 2.96 bits per heavy atom. The fraction of sp³-hybridized carbons (Fsp3) is 0.588. The molecule has 1 aliphatic rings. The zero-order valence-electron chi connectivity index (χ0n) is 14.8. The van der Waals surface area contributed by atoms with Crippen LogP contribution in [-0.2, 0) is 27.4 Å². The van der Waals surface area contributed by atoms with E-state index < -0.39 is 0 Å². The summed E-state index contributed by atoms with van der Waals surface area (Å²) in [4.78, 5) is 16.5. The molecular formula is C17H24N4O4. The number of ether oxygens (including phenoxy) is 2. The summed E-state index contributed by atoms with van der Waals surface area (Å²) in [7, 11) is 0. The summed E-state index contributed by atoms with van der Waals surface area (Å²) >= 11 is 0. The number of imidazole rings is 1. The molecule has 1 aliphatic heterocycles. The second-order valence-corrected chi connectivity index (χ2v) is 6.29. The Bertz CT molecular complexity index is 705. The molecule has 8 nitrogen and oxygen atoms in total. The number of hydrogen-bond acceptors (Lipinski definition) is 6. The molecule has 0 aromatic carbocycles. The predicted molar refractivity (Wildman–Crippen MR) is 88.9 cm³/mol. The van der Waals surface area contributed by atoms with Crippen molar-refractivity contribution in [1.82, 2.24) is 20.0 Å². The van der Waals surface area contributed by atoms with Crippen molar-refractivity contribution in [3.8, 4) is 0 Å². The van der Waals surface area contributed by atoms with Crippen LogP contribution in [-0.4, -0.2) is 46.0 Å². The molecule has 136 valence electrons. The standard InChI is InChI=1S/C17H24N4O4/c1-11-14(12(2)25-20-11)9-24-16-10-23-7-4-15(16)19-17(22)8-21-6-5-18-13(21)3/h5-6,15-16H,4,7-10H2,1-3H3,(H,19,22)/t15-,16-/m1/s1. The largest absolute Gasteiger partial charge is 0.379 e. The van der Waals surface area contributed by atoms with Crippen molar-refractivity contribution in [1.29, 1.82) is 0 Å². The zero-order valence-corrected chi connectivity index (χ0v) is 14.8. The van der Waals surface area contributed by atoms with Crippen LogP contribution >= 0.6 is 0 Å². The number of aryl methyl sites for hydroxylation is 3. The Morgan fingerprint density at radius 2 is 2.28 bits per heavy atom. The molecule has 0 bridgehead atoms.